The number of sulfonamides is 1. The van der Waals surface area contributed by atoms with Crippen molar-refractivity contribution in [2.75, 3.05) is 32.7 Å². The molecule has 2 saturated heterocycles. The number of carbonyl (C=O) groups excluding carboxylic acids is 1. The first-order valence-corrected chi connectivity index (χ1v) is 10.7. The van der Waals surface area contributed by atoms with Crippen molar-refractivity contribution < 1.29 is 18.1 Å². The number of likely N-dealkylation sites (tertiary alicyclic amines) is 1. The van der Waals surface area contributed by atoms with E-state index < -0.39 is 10.0 Å². The number of nitrogens with zero attached hydrogens (tertiary/aromatic N) is 1. The molecular weight excluding hydrogens is 338 g/mol. The van der Waals surface area contributed by atoms with E-state index in [0.29, 0.717) is 18.7 Å². The number of nitrogens with one attached hydrogen (secondary N) is 2. The van der Waals surface area contributed by atoms with Crippen molar-refractivity contribution in [3.05, 3.63) is 29.8 Å². The standard InChI is InChI=1S/C18H27N3O3S/c1-2-20-13-9-16(10-14-20)19-18(22)15-5-7-17(8-6-15)25(23,24)21-11-3-4-12-21/h5-8,16H,2-4,9-14H2,1H3,(H,19,22)/p+1. The molecule has 6 nitrogen and oxygen atoms in total. The molecule has 1 aromatic rings. The van der Waals surface area contributed by atoms with Crippen LogP contribution in [0.15, 0.2) is 29.2 Å². The Kier molecular flexibility index (Phi) is 5.76. The van der Waals surface area contributed by atoms with Crippen molar-refractivity contribution in [3.8, 4) is 0 Å². The minimum Gasteiger partial charge on any atom is -0.349 e. The second kappa shape index (κ2) is 7.85. The average molecular weight is 367 g/mol. The molecule has 2 N–H and O–H groups in total. The average Bonchev–Trinajstić information content (AvgIpc) is 3.18. The zero-order valence-electron chi connectivity index (χ0n) is 14.8. The van der Waals surface area contributed by atoms with Gasteiger partial charge in [-0.25, -0.2) is 8.42 Å². The fourth-order valence-corrected chi connectivity index (χ4v) is 5.17. The highest BCUT2D eigenvalue weighted by atomic mass is 32.2. The molecule has 1 amide bonds. The molecule has 0 unspecified atom stereocenters. The highest BCUT2D eigenvalue weighted by Crippen LogP contribution is 2.21. The second-order valence-electron chi connectivity index (χ2n) is 6.99. The van der Waals surface area contributed by atoms with Gasteiger partial charge in [-0.15, -0.1) is 0 Å². The minimum absolute atomic E-state index is 0.116. The largest absolute Gasteiger partial charge is 0.349 e. The van der Waals surface area contributed by atoms with Crippen molar-refractivity contribution in [1.29, 1.82) is 0 Å². The van der Waals surface area contributed by atoms with Gasteiger partial charge in [-0.3, -0.25) is 4.79 Å². The van der Waals surface area contributed by atoms with Crippen LogP contribution in [0, 0.1) is 0 Å². The summed E-state index contributed by atoms with van der Waals surface area (Å²) in [6.45, 7) is 6.68. The van der Waals surface area contributed by atoms with Crippen LogP contribution in [0.1, 0.15) is 43.0 Å². The van der Waals surface area contributed by atoms with Gasteiger partial charge in [0.2, 0.25) is 10.0 Å². The zero-order valence-corrected chi connectivity index (χ0v) is 15.6. The number of piperidine rings is 1. The fourth-order valence-electron chi connectivity index (χ4n) is 3.65. The van der Waals surface area contributed by atoms with E-state index in [-0.39, 0.29) is 16.8 Å². The maximum atomic E-state index is 12.5. The Balaban J connectivity index is 1.61. The molecule has 138 valence electrons. The maximum Gasteiger partial charge on any atom is 0.251 e. The quantitative estimate of drug-likeness (QED) is 0.786. The summed E-state index contributed by atoms with van der Waals surface area (Å²) in [6, 6.07) is 6.55. The predicted molar refractivity (Wildman–Crippen MR) is 96.2 cm³/mol. The van der Waals surface area contributed by atoms with Crippen molar-refractivity contribution in [1.82, 2.24) is 9.62 Å². The van der Waals surface area contributed by atoms with Crippen LogP contribution < -0.4 is 10.2 Å². The van der Waals surface area contributed by atoms with E-state index >= 15 is 0 Å². The Bertz CT molecular complexity index is 689. The van der Waals surface area contributed by atoms with Gasteiger partial charge in [0, 0.05) is 37.5 Å². The van der Waals surface area contributed by atoms with Crippen molar-refractivity contribution in [2.45, 2.75) is 43.5 Å². The smallest absolute Gasteiger partial charge is 0.251 e. The number of amides is 1. The Morgan fingerprint density at radius 3 is 2.32 bits per heavy atom. The van der Waals surface area contributed by atoms with Gasteiger partial charge in [-0.05, 0) is 44.0 Å². The number of quaternary nitrogens is 1. The number of hydrogen-bond acceptors (Lipinski definition) is 3. The molecule has 3 rings (SSSR count). The number of benzene rings is 1. The molecule has 2 fully saturated rings. The van der Waals surface area contributed by atoms with Gasteiger partial charge in [-0.1, -0.05) is 0 Å². The molecule has 7 heteroatoms. The van der Waals surface area contributed by atoms with E-state index in [0.717, 1.165) is 45.3 Å². The number of hydrogen-bond donors (Lipinski definition) is 2. The Hall–Kier alpha value is -1.44. The number of carbonyl (C=O) groups is 1. The number of rotatable bonds is 5. The highest BCUT2D eigenvalue weighted by molar-refractivity contribution is 7.89. The third-order valence-electron chi connectivity index (χ3n) is 5.35. The topological polar surface area (TPSA) is 70.9 Å². The predicted octanol–water partition coefficient (Wildman–Crippen LogP) is 0.268. The summed E-state index contributed by atoms with van der Waals surface area (Å²) in [4.78, 5) is 14.3. The maximum absolute atomic E-state index is 12.5. The molecule has 2 heterocycles. The van der Waals surface area contributed by atoms with Gasteiger partial charge >= 0.3 is 0 Å². The summed E-state index contributed by atoms with van der Waals surface area (Å²) < 4.78 is 26.5. The summed E-state index contributed by atoms with van der Waals surface area (Å²) in [5.41, 5.74) is 0.519. The molecule has 0 radical (unpaired) electrons. The SMILES string of the molecule is CC[NH+]1CCC(NC(=O)c2ccc(S(=O)(=O)N3CCCC3)cc2)CC1. The summed E-state index contributed by atoms with van der Waals surface area (Å²) >= 11 is 0. The summed E-state index contributed by atoms with van der Waals surface area (Å²) in [5.74, 6) is -0.116. The van der Waals surface area contributed by atoms with E-state index in [1.54, 1.807) is 29.2 Å². The summed E-state index contributed by atoms with van der Waals surface area (Å²) in [5, 5.41) is 3.08. The first-order valence-electron chi connectivity index (χ1n) is 9.25. The molecule has 2 aliphatic heterocycles. The van der Waals surface area contributed by atoms with Crippen LogP contribution in [0.4, 0.5) is 0 Å². The van der Waals surface area contributed by atoms with Gasteiger partial charge < -0.3 is 10.2 Å². The van der Waals surface area contributed by atoms with Crippen molar-refractivity contribution in [2.24, 2.45) is 0 Å². The van der Waals surface area contributed by atoms with E-state index in [1.165, 1.54) is 4.31 Å². The van der Waals surface area contributed by atoms with E-state index in [2.05, 4.69) is 12.2 Å². The van der Waals surface area contributed by atoms with Gasteiger partial charge in [0.25, 0.3) is 5.91 Å². The summed E-state index contributed by atoms with van der Waals surface area (Å²) in [6.07, 6.45) is 3.82. The van der Waals surface area contributed by atoms with Gasteiger partial charge in [0.1, 0.15) is 0 Å². The van der Waals surface area contributed by atoms with Gasteiger partial charge in [0.05, 0.1) is 24.5 Å². The first-order chi connectivity index (χ1) is 12.0. The third kappa shape index (κ3) is 4.22. The van der Waals surface area contributed by atoms with Gasteiger partial charge in [0.15, 0.2) is 0 Å². The van der Waals surface area contributed by atoms with Crippen molar-refractivity contribution >= 4 is 15.9 Å². The van der Waals surface area contributed by atoms with E-state index in [4.69, 9.17) is 0 Å². The highest BCUT2D eigenvalue weighted by Gasteiger charge is 2.27. The van der Waals surface area contributed by atoms with E-state index in [9.17, 15) is 13.2 Å². The van der Waals surface area contributed by atoms with Crippen molar-refractivity contribution in [3.63, 3.8) is 0 Å². The molecule has 0 atom stereocenters. The summed E-state index contributed by atoms with van der Waals surface area (Å²) in [7, 11) is -3.42. The van der Waals surface area contributed by atoms with E-state index in [1.807, 2.05) is 0 Å². The lowest BCUT2D eigenvalue weighted by Crippen LogP contribution is -3.13. The molecule has 25 heavy (non-hydrogen) atoms. The normalized spacial score (nSPS) is 25.0. The molecule has 0 spiro atoms. The Morgan fingerprint density at radius 2 is 1.76 bits per heavy atom. The van der Waals surface area contributed by atoms with Crippen LogP contribution in [0.2, 0.25) is 0 Å². The van der Waals surface area contributed by atoms with Gasteiger partial charge in [-0.2, -0.15) is 4.31 Å². The van der Waals surface area contributed by atoms with Crippen LogP contribution in [-0.2, 0) is 10.0 Å². The molecule has 0 saturated carbocycles. The van der Waals surface area contributed by atoms with Crippen LogP contribution in [0.5, 0.6) is 0 Å². The lowest BCUT2D eigenvalue weighted by molar-refractivity contribution is -0.903. The first kappa shape index (κ1) is 18.4. The molecule has 0 aromatic heterocycles. The van der Waals surface area contributed by atoms with Crippen LogP contribution in [0.25, 0.3) is 0 Å². The monoisotopic (exact) mass is 366 g/mol. The van der Waals surface area contributed by atoms with Crippen LogP contribution >= 0.6 is 0 Å². The lowest BCUT2D eigenvalue weighted by atomic mass is 10.0. The molecule has 0 aliphatic carbocycles. The third-order valence-corrected chi connectivity index (χ3v) is 7.26. The Morgan fingerprint density at radius 1 is 1.16 bits per heavy atom. The Labute approximate surface area is 150 Å². The lowest BCUT2D eigenvalue weighted by Gasteiger charge is -2.29. The van der Waals surface area contributed by atoms with Crippen LogP contribution in [0.3, 0.4) is 0 Å². The molecule has 0 bridgehead atoms. The molecule has 1 aromatic carbocycles. The molecule has 2 aliphatic rings. The second-order valence-corrected chi connectivity index (χ2v) is 8.92. The minimum atomic E-state index is -3.42. The zero-order chi connectivity index (χ0) is 17.9. The van der Waals surface area contributed by atoms with Crippen LogP contribution in [-0.4, -0.2) is 57.4 Å². The fraction of sp³-hybridized carbons (Fsp3) is 0.611. The molecular formula is C18H28N3O3S+.